The van der Waals surface area contributed by atoms with Gasteiger partial charge in [-0.2, -0.15) is 0 Å². The smallest absolute Gasteiger partial charge is 0.208 e. The van der Waals surface area contributed by atoms with Gasteiger partial charge in [0.1, 0.15) is 0 Å². The molecule has 0 radical (unpaired) electrons. The second-order valence-corrected chi connectivity index (χ2v) is 5.75. The lowest BCUT2D eigenvalue weighted by Crippen LogP contribution is -2.18. The normalized spacial score (nSPS) is 11.2. The van der Waals surface area contributed by atoms with Gasteiger partial charge in [0.25, 0.3) is 0 Å². The lowest BCUT2D eigenvalue weighted by Gasteiger charge is -2.04. The second kappa shape index (κ2) is 6.78. The first kappa shape index (κ1) is 14.2. The molecule has 0 aliphatic carbocycles. The number of aromatic nitrogens is 1. The molecule has 0 bridgehead atoms. The van der Waals surface area contributed by atoms with E-state index in [-0.39, 0.29) is 0 Å². The fourth-order valence-electron chi connectivity index (χ4n) is 1.75. The van der Waals surface area contributed by atoms with Gasteiger partial charge in [-0.05, 0) is 30.9 Å². The highest BCUT2D eigenvalue weighted by molar-refractivity contribution is 7.98. The van der Waals surface area contributed by atoms with Gasteiger partial charge in [0, 0.05) is 10.5 Å². The molecule has 0 aliphatic rings. The molecule has 4 heteroatoms. The highest BCUT2D eigenvalue weighted by Crippen LogP contribution is 2.23. The summed E-state index contributed by atoms with van der Waals surface area (Å²) in [6.07, 6.45) is 3.86. The molecule has 0 spiro atoms. The first-order valence-electron chi connectivity index (χ1n) is 6.49. The van der Waals surface area contributed by atoms with Crippen LogP contribution in [0, 0.1) is 5.92 Å². The first-order chi connectivity index (χ1) is 9.19. The summed E-state index contributed by atoms with van der Waals surface area (Å²) in [7, 11) is 0. The SMILES string of the molecule is CSc1ccc(-c2cnc(CNCC(C)C)o2)cc1. The predicted octanol–water partition coefficient (Wildman–Crippen LogP) is 3.81. The Bertz CT molecular complexity index is 505. The van der Waals surface area contributed by atoms with Gasteiger partial charge >= 0.3 is 0 Å². The summed E-state index contributed by atoms with van der Waals surface area (Å²) >= 11 is 1.74. The molecule has 1 N–H and O–H groups in total. The average Bonchev–Trinajstić information content (AvgIpc) is 2.87. The van der Waals surface area contributed by atoms with Crippen LogP contribution in [0.25, 0.3) is 11.3 Å². The van der Waals surface area contributed by atoms with Gasteiger partial charge in [0.05, 0.1) is 12.7 Å². The molecule has 1 aromatic carbocycles. The zero-order chi connectivity index (χ0) is 13.7. The Morgan fingerprint density at radius 1 is 1.26 bits per heavy atom. The van der Waals surface area contributed by atoms with Gasteiger partial charge in [-0.15, -0.1) is 11.8 Å². The number of hydrogen-bond acceptors (Lipinski definition) is 4. The van der Waals surface area contributed by atoms with Gasteiger partial charge in [0.15, 0.2) is 5.76 Å². The van der Waals surface area contributed by atoms with Crippen LogP contribution in [-0.2, 0) is 6.54 Å². The Morgan fingerprint density at radius 2 is 2.00 bits per heavy atom. The van der Waals surface area contributed by atoms with Gasteiger partial charge < -0.3 is 9.73 Å². The predicted molar refractivity (Wildman–Crippen MR) is 80.3 cm³/mol. The molecule has 19 heavy (non-hydrogen) atoms. The van der Waals surface area contributed by atoms with Crippen LogP contribution in [0.5, 0.6) is 0 Å². The van der Waals surface area contributed by atoms with E-state index in [1.54, 1.807) is 18.0 Å². The quantitative estimate of drug-likeness (QED) is 0.814. The summed E-state index contributed by atoms with van der Waals surface area (Å²) in [6.45, 7) is 6.02. The van der Waals surface area contributed by atoms with E-state index in [9.17, 15) is 0 Å². The Hall–Kier alpha value is -1.26. The van der Waals surface area contributed by atoms with Crippen molar-refractivity contribution in [2.24, 2.45) is 5.92 Å². The third kappa shape index (κ3) is 4.11. The van der Waals surface area contributed by atoms with E-state index < -0.39 is 0 Å². The Morgan fingerprint density at radius 3 is 2.63 bits per heavy atom. The summed E-state index contributed by atoms with van der Waals surface area (Å²) < 4.78 is 5.74. The van der Waals surface area contributed by atoms with E-state index in [0.29, 0.717) is 12.5 Å². The fourth-order valence-corrected chi connectivity index (χ4v) is 2.16. The molecular weight excluding hydrogens is 256 g/mol. The molecule has 102 valence electrons. The summed E-state index contributed by atoms with van der Waals surface area (Å²) in [5.74, 6) is 2.20. The topological polar surface area (TPSA) is 38.1 Å². The maximum Gasteiger partial charge on any atom is 0.208 e. The highest BCUT2D eigenvalue weighted by atomic mass is 32.2. The second-order valence-electron chi connectivity index (χ2n) is 4.87. The molecule has 1 heterocycles. The zero-order valence-electron chi connectivity index (χ0n) is 11.6. The largest absolute Gasteiger partial charge is 0.439 e. The van der Waals surface area contributed by atoms with Crippen molar-refractivity contribution in [2.45, 2.75) is 25.3 Å². The van der Waals surface area contributed by atoms with Crippen LogP contribution in [0.15, 0.2) is 39.8 Å². The number of rotatable bonds is 6. The molecule has 3 nitrogen and oxygen atoms in total. The Kier molecular flexibility index (Phi) is 5.05. The molecule has 0 unspecified atom stereocenters. The minimum atomic E-state index is 0.633. The third-order valence-corrected chi connectivity index (χ3v) is 3.50. The summed E-state index contributed by atoms with van der Waals surface area (Å²) in [5, 5.41) is 3.32. The first-order valence-corrected chi connectivity index (χ1v) is 7.71. The molecule has 0 saturated carbocycles. The number of nitrogens with one attached hydrogen (secondary N) is 1. The fraction of sp³-hybridized carbons (Fsp3) is 0.400. The van der Waals surface area contributed by atoms with E-state index in [0.717, 1.165) is 23.8 Å². The standard InChI is InChI=1S/C15H20N2OS/c1-11(2)8-16-10-15-17-9-14(18-15)12-4-6-13(19-3)7-5-12/h4-7,9,11,16H,8,10H2,1-3H3. The lowest BCUT2D eigenvalue weighted by molar-refractivity contribution is 0.459. The van der Waals surface area contributed by atoms with Crippen molar-refractivity contribution in [3.8, 4) is 11.3 Å². The van der Waals surface area contributed by atoms with Crippen LogP contribution < -0.4 is 5.32 Å². The van der Waals surface area contributed by atoms with Crippen molar-refractivity contribution >= 4 is 11.8 Å². The molecule has 0 saturated heterocycles. The van der Waals surface area contributed by atoms with Crippen molar-refractivity contribution in [2.75, 3.05) is 12.8 Å². The number of nitrogens with zero attached hydrogens (tertiary/aromatic N) is 1. The summed E-state index contributed by atoms with van der Waals surface area (Å²) in [4.78, 5) is 5.55. The van der Waals surface area contributed by atoms with Crippen LogP contribution in [-0.4, -0.2) is 17.8 Å². The molecule has 2 aromatic rings. The van der Waals surface area contributed by atoms with E-state index in [1.165, 1.54) is 4.90 Å². The number of benzene rings is 1. The van der Waals surface area contributed by atoms with E-state index >= 15 is 0 Å². The summed E-state index contributed by atoms with van der Waals surface area (Å²) in [6, 6.07) is 8.33. The van der Waals surface area contributed by atoms with Crippen molar-refractivity contribution in [1.29, 1.82) is 0 Å². The minimum absolute atomic E-state index is 0.633. The molecule has 0 amide bonds. The van der Waals surface area contributed by atoms with E-state index in [1.807, 2.05) is 0 Å². The monoisotopic (exact) mass is 276 g/mol. The van der Waals surface area contributed by atoms with Gasteiger partial charge in [-0.1, -0.05) is 26.0 Å². The Balaban J connectivity index is 1.99. The maximum absolute atomic E-state index is 5.74. The maximum atomic E-state index is 5.74. The van der Waals surface area contributed by atoms with Crippen LogP contribution >= 0.6 is 11.8 Å². The molecule has 0 atom stereocenters. The molecule has 1 aromatic heterocycles. The van der Waals surface area contributed by atoms with Crippen LogP contribution in [0.2, 0.25) is 0 Å². The van der Waals surface area contributed by atoms with Crippen molar-refractivity contribution < 1.29 is 4.42 Å². The van der Waals surface area contributed by atoms with E-state index in [4.69, 9.17) is 4.42 Å². The Labute approximate surface area is 118 Å². The third-order valence-electron chi connectivity index (χ3n) is 2.76. The van der Waals surface area contributed by atoms with Gasteiger partial charge in [-0.25, -0.2) is 4.98 Å². The lowest BCUT2D eigenvalue weighted by atomic mass is 10.2. The molecule has 0 aliphatic heterocycles. The minimum Gasteiger partial charge on any atom is -0.439 e. The van der Waals surface area contributed by atoms with E-state index in [2.05, 4.69) is 54.7 Å². The zero-order valence-corrected chi connectivity index (χ0v) is 12.5. The van der Waals surface area contributed by atoms with Crippen molar-refractivity contribution in [3.63, 3.8) is 0 Å². The molecular formula is C15H20N2OS. The molecule has 0 fully saturated rings. The van der Waals surface area contributed by atoms with Crippen molar-refractivity contribution in [1.82, 2.24) is 10.3 Å². The van der Waals surface area contributed by atoms with Crippen LogP contribution in [0.4, 0.5) is 0 Å². The van der Waals surface area contributed by atoms with Crippen LogP contribution in [0.3, 0.4) is 0 Å². The molecule has 2 rings (SSSR count). The number of thioether (sulfide) groups is 1. The van der Waals surface area contributed by atoms with Crippen LogP contribution in [0.1, 0.15) is 19.7 Å². The van der Waals surface area contributed by atoms with Crippen molar-refractivity contribution in [3.05, 3.63) is 36.4 Å². The number of oxazole rings is 1. The number of hydrogen-bond donors (Lipinski definition) is 1. The van der Waals surface area contributed by atoms with Gasteiger partial charge in [0.2, 0.25) is 5.89 Å². The highest BCUT2D eigenvalue weighted by Gasteiger charge is 2.06. The summed E-state index contributed by atoms with van der Waals surface area (Å²) in [5.41, 5.74) is 1.07. The average molecular weight is 276 g/mol. The van der Waals surface area contributed by atoms with Gasteiger partial charge in [-0.3, -0.25) is 0 Å².